The molecule has 2 aliphatic rings. The van der Waals surface area contributed by atoms with E-state index in [0.29, 0.717) is 23.2 Å². The van der Waals surface area contributed by atoms with Crippen LogP contribution in [0.5, 0.6) is 0 Å². The van der Waals surface area contributed by atoms with Crippen LogP contribution in [0.1, 0.15) is 61.1 Å². The van der Waals surface area contributed by atoms with Gasteiger partial charge >= 0.3 is 0 Å². The van der Waals surface area contributed by atoms with Gasteiger partial charge in [0, 0.05) is 19.2 Å². The molecule has 0 saturated carbocycles. The van der Waals surface area contributed by atoms with Crippen LogP contribution in [-0.4, -0.2) is 41.1 Å². The smallest absolute Gasteiger partial charge is 0.261 e. The van der Waals surface area contributed by atoms with Gasteiger partial charge in [-0.3, -0.25) is 19.3 Å². The van der Waals surface area contributed by atoms with E-state index >= 15 is 0 Å². The third kappa shape index (κ3) is 2.51. The largest absolute Gasteiger partial charge is 0.332 e. The third-order valence-corrected chi connectivity index (χ3v) is 5.31. The van der Waals surface area contributed by atoms with Crippen LogP contribution in [0.15, 0.2) is 42.5 Å². The number of likely N-dealkylation sites (tertiary alicyclic amines) is 1. The number of nitrogens with zero attached hydrogens (tertiary/aromatic N) is 2. The van der Waals surface area contributed by atoms with E-state index in [1.54, 1.807) is 18.2 Å². The van der Waals surface area contributed by atoms with Gasteiger partial charge in [-0.05, 0) is 43.5 Å². The van der Waals surface area contributed by atoms with Gasteiger partial charge in [0.1, 0.15) is 0 Å². The number of benzene rings is 2. The normalized spacial score (nSPS) is 19.2. The monoisotopic (exact) mass is 348 g/mol. The van der Waals surface area contributed by atoms with Crippen LogP contribution >= 0.6 is 0 Å². The Hall–Kier alpha value is -2.95. The standard InChI is InChI=1S/C21H20N2O3/c1-13-5-7-14(8-6-13)18-4-3-11-23(18)19(24)15-9-10-16-17(12-15)21(26)22(2)20(16)25/h5-10,12,18H,3-4,11H2,1-2H3/t18-/m1/s1. The minimum Gasteiger partial charge on any atom is -0.332 e. The summed E-state index contributed by atoms with van der Waals surface area (Å²) in [5, 5.41) is 0. The summed E-state index contributed by atoms with van der Waals surface area (Å²) >= 11 is 0. The molecule has 26 heavy (non-hydrogen) atoms. The van der Waals surface area contributed by atoms with Gasteiger partial charge in [-0.2, -0.15) is 0 Å². The number of imide groups is 1. The number of carbonyl (C=O) groups excluding carboxylic acids is 3. The molecule has 1 fully saturated rings. The van der Waals surface area contributed by atoms with Gasteiger partial charge in [0.15, 0.2) is 0 Å². The van der Waals surface area contributed by atoms with Crippen molar-refractivity contribution in [1.82, 2.24) is 9.80 Å². The van der Waals surface area contributed by atoms with Gasteiger partial charge in [0.05, 0.1) is 17.2 Å². The predicted molar refractivity (Wildman–Crippen MR) is 97.1 cm³/mol. The van der Waals surface area contributed by atoms with Gasteiger partial charge in [0.25, 0.3) is 17.7 Å². The summed E-state index contributed by atoms with van der Waals surface area (Å²) < 4.78 is 0. The van der Waals surface area contributed by atoms with Crippen LogP contribution < -0.4 is 0 Å². The number of hydrogen-bond acceptors (Lipinski definition) is 3. The minimum atomic E-state index is -0.351. The molecule has 0 aliphatic carbocycles. The summed E-state index contributed by atoms with van der Waals surface area (Å²) in [6, 6.07) is 13.1. The highest BCUT2D eigenvalue weighted by Gasteiger charge is 2.35. The molecule has 2 aromatic carbocycles. The first kappa shape index (κ1) is 16.5. The molecular formula is C21H20N2O3. The summed E-state index contributed by atoms with van der Waals surface area (Å²) in [6.45, 7) is 2.74. The number of carbonyl (C=O) groups is 3. The second kappa shape index (κ2) is 6.09. The number of amides is 3. The molecule has 5 heteroatoms. The molecule has 1 saturated heterocycles. The van der Waals surface area contributed by atoms with Crippen molar-refractivity contribution in [3.8, 4) is 0 Å². The summed E-state index contributed by atoms with van der Waals surface area (Å²) in [6.07, 6.45) is 1.88. The van der Waals surface area contributed by atoms with E-state index in [1.807, 2.05) is 11.8 Å². The predicted octanol–water partition coefficient (Wildman–Crippen LogP) is 3.20. The molecule has 0 spiro atoms. The lowest BCUT2D eigenvalue weighted by Crippen LogP contribution is -2.30. The maximum atomic E-state index is 13.1. The summed E-state index contributed by atoms with van der Waals surface area (Å²) in [7, 11) is 1.46. The van der Waals surface area contributed by atoms with E-state index in [4.69, 9.17) is 0 Å². The molecule has 5 nitrogen and oxygen atoms in total. The Balaban J connectivity index is 1.65. The molecular weight excluding hydrogens is 328 g/mol. The summed E-state index contributed by atoms with van der Waals surface area (Å²) in [5.41, 5.74) is 3.46. The fourth-order valence-corrected chi connectivity index (χ4v) is 3.81. The highest BCUT2D eigenvalue weighted by atomic mass is 16.2. The first-order valence-corrected chi connectivity index (χ1v) is 8.81. The molecule has 0 radical (unpaired) electrons. The topological polar surface area (TPSA) is 57.7 Å². The zero-order chi connectivity index (χ0) is 18.4. The second-order valence-electron chi connectivity index (χ2n) is 7.00. The van der Waals surface area contributed by atoms with Crippen LogP contribution in [-0.2, 0) is 0 Å². The van der Waals surface area contributed by atoms with E-state index in [-0.39, 0.29) is 23.8 Å². The first-order chi connectivity index (χ1) is 12.5. The maximum absolute atomic E-state index is 13.1. The Kier molecular flexibility index (Phi) is 3.87. The van der Waals surface area contributed by atoms with Gasteiger partial charge in [0.2, 0.25) is 0 Å². The number of aryl methyl sites for hydroxylation is 1. The van der Waals surface area contributed by atoms with E-state index in [1.165, 1.54) is 12.6 Å². The Labute approximate surface area is 152 Å². The first-order valence-electron chi connectivity index (χ1n) is 8.81. The van der Waals surface area contributed by atoms with E-state index in [2.05, 4.69) is 24.3 Å². The summed E-state index contributed by atoms with van der Waals surface area (Å²) in [4.78, 5) is 40.3. The van der Waals surface area contributed by atoms with Gasteiger partial charge < -0.3 is 4.90 Å². The van der Waals surface area contributed by atoms with Gasteiger partial charge in [-0.25, -0.2) is 0 Å². The average Bonchev–Trinajstić information content (AvgIpc) is 3.22. The van der Waals surface area contributed by atoms with E-state index in [9.17, 15) is 14.4 Å². The van der Waals surface area contributed by atoms with Crippen LogP contribution in [0, 0.1) is 6.92 Å². The molecule has 0 bridgehead atoms. The lowest BCUT2D eigenvalue weighted by atomic mass is 10.0. The summed E-state index contributed by atoms with van der Waals surface area (Å²) in [5.74, 6) is -0.760. The molecule has 0 unspecified atom stereocenters. The fraction of sp³-hybridized carbons (Fsp3) is 0.286. The molecule has 3 amide bonds. The van der Waals surface area contributed by atoms with Crippen molar-refractivity contribution < 1.29 is 14.4 Å². The minimum absolute atomic E-state index is 0.0522. The van der Waals surface area contributed by atoms with Crippen LogP contribution in [0.3, 0.4) is 0 Å². The maximum Gasteiger partial charge on any atom is 0.261 e. The van der Waals surface area contributed by atoms with Crippen molar-refractivity contribution >= 4 is 17.7 Å². The van der Waals surface area contributed by atoms with Crippen LogP contribution in [0.2, 0.25) is 0 Å². The number of hydrogen-bond donors (Lipinski definition) is 0. The Morgan fingerprint density at radius 3 is 2.42 bits per heavy atom. The highest BCUT2D eigenvalue weighted by molar-refractivity contribution is 6.21. The van der Waals surface area contributed by atoms with E-state index in [0.717, 1.165) is 23.3 Å². The molecule has 2 aliphatic heterocycles. The Bertz CT molecular complexity index is 917. The van der Waals surface area contributed by atoms with Crippen LogP contribution in [0.4, 0.5) is 0 Å². The quantitative estimate of drug-likeness (QED) is 0.783. The van der Waals surface area contributed by atoms with Crippen molar-refractivity contribution in [1.29, 1.82) is 0 Å². The second-order valence-corrected chi connectivity index (χ2v) is 7.00. The zero-order valence-corrected chi connectivity index (χ0v) is 14.9. The third-order valence-electron chi connectivity index (χ3n) is 5.31. The SMILES string of the molecule is Cc1ccc([C@H]2CCCN2C(=O)c2ccc3c(c2)C(=O)N(C)C3=O)cc1. The number of fused-ring (bicyclic) bond motifs is 1. The average molecular weight is 348 g/mol. The Morgan fingerprint density at radius 1 is 1.00 bits per heavy atom. The molecule has 132 valence electrons. The molecule has 1 atom stereocenters. The lowest BCUT2D eigenvalue weighted by molar-refractivity contribution is 0.0692. The van der Waals surface area contributed by atoms with Crippen molar-refractivity contribution in [2.75, 3.05) is 13.6 Å². The highest BCUT2D eigenvalue weighted by Crippen LogP contribution is 2.34. The van der Waals surface area contributed by atoms with Crippen molar-refractivity contribution in [3.63, 3.8) is 0 Å². The molecule has 2 aromatic rings. The molecule has 2 heterocycles. The zero-order valence-electron chi connectivity index (χ0n) is 14.9. The lowest BCUT2D eigenvalue weighted by Gasteiger charge is -2.25. The van der Waals surface area contributed by atoms with Crippen molar-refractivity contribution in [2.45, 2.75) is 25.8 Å². The van der Waals surface area contributed by atoms with Crippen LogP contribution in [0.25, 0.3) is 0 Å². The van der Waals surface area contributed by atoms with Gasteiger partial charge in [-0.1, -0.05) is 29.8 Å². The van der Waals surface area contributed by atoms with Gasteiger partial charge in [-0.15, -0.1) is 0 Å². The molecule has 0 N–H and O–H groups in total. The van der Waals surface area contributed by atoms with Crippen molar-refractivity contribution in [3.05, 3.63) is 70.3 Å². The Morgan fingerprint density at radius 2 is 1.69 bits per heavy atom. The molecule has 4 rings (SSSR count). The number of rotatable bonds is 2. The molecule has 0 aromatic heterocycles. The van der Waals surface area contributed by atoms with E-state index < -0.39 is 0 Å². The fourth-order valence-electron chi connectivity index (χ4n) is 3.81. The van der Waals surface area contributed by atoms with Crippen molar-refractivity contribution in [2.24, 2.45) is 0 Å².